The Bertz CT molecular complexity index is 977. The van der Waals surface area contributed by atoms with E-state index in [1.807, 2.05) is 30.3 Å². The molecule has 0 radical (unpaired) electrons. The molecule has 0 aliphatic carbocycles. The monoisotopic (exact) mass is 401 g/mol. The molecular weight excluding hydrogens is 384 g/mol. The number of aliphatic carboxylic acids is 1. The first-order valence-electron chi connectivity index (χ1n) is 8.15. The fourth-order valence-corrected chi connectivity index (χ4v) is 2.84. The molecule has 28 heavy (non-hydrogen) atoms. The molecule has 9 nitrogen and oxygen atoms in total. The number of carboxylic acid groups (broad SMARTS) is 1. The lowest BCUT2D eigenvalue weighted by Crippen LogP contribution is -2.01. The maximum atomic E-state index is 11.9. The number of nitrogens with zero attached hydrogens (tertiary/aromatic N) is 3. The first kappa shape index (κ1) is 19.4. The van der Waals surface area contributed by atoms with Crippen LogP contribution in [0.5, 0.6) is 5.75 Å². The van der Waals surface area contributed by atoms with Crippen LogP contribution in [-0.4, -0.2) is 44.0 Å². The third kappa shape index (κ3) is 5.07. The van der Waals surface area contributed by atoms with Crippen molar-refractivity contribution in [2.45, 2.75) is 11.8 Å². The standard InChI is InChI=1S/C18H16N4O5S/c1-26-22(25)14-7-13(17-19-18(21-20-17)28-11-16(23)24)8-15(9-14)27-10-12-5-3-2-4-6-12/h2-9H,10-11H2,1H3,(H-,19,20,21,23,24)/p+1. The van der Waals surface area contributed by atoms with E-state index in [4.69, 9.17) is 14.7 Å². The number of thioether (sulfide) groups is 1. The zero-order valence-electron chi connectivity index (χ0n) is 14.9. The van der Waals surface area contributed by atoms with Gasteiger partial charge < -0.3 is 9.84 Å². The summed E-state index contributed by atoms with van der Waals surface area (Å²) in [6, 6.07) is 14.4. The van der Waals surface area contributed by atoms with E-state index in [1.165, 1.54) is 7.11 Å². The highest BCUT2D eigenvalue weighted by Gasteiger charge is 2.20. The van der Waals surface area contributed by atoms with Gasteiger partial charge in [-0.15, -0.1) is 5.10 Å². The highest BCUT2D eigenvalue weighted by atomic mass is 32.2. The zero-order valence-corrected chi connectivity index (χ0v) is 15.7. The number of carbonyl (C=O) groups is 1. The molecule has 144 valence electrons. The average molecular weight is 401 g/mol. The van der Waals surface area contributed by atoms with Gasteiger partial charge in [-0.05, 0) is 11.6 Å². The number of benzene rings is 2. The van der Waals surface area contributed by atoms with Crippen molar-refractivity contribution in [2.75, 3.05) is 12.9 Å². The summed E-state index contributed by atoms with van der Waals surface area (Å²) >= 11 is 0.990. The second-order valence-corrected chi connectivity index (χ2v) is 6.52. The molecule has 3 aromatic rings. The van der Waals surface area contributed by atoms with E-state index in [2.05, 4.69) is 15.2 Å². The van der Waals surface area contributed by atoms with Gasteiger partial charge in [-0.1, -0.05) is 42.1 Å². The molecule has 0 bridgehead atoms. The Kier molecular flexibility index (Phi) is 6.22. The van der Waals surface area contributed by atoms with Gasteiger partial charge in [-0.25, -0.2) is 9.82 Å². The van der Waals surface area contributed by atoms with Gasteiger partial charge in [0.1, 0.15) is 12.4 Å². The van der Waals surface area contributed by atoms with Gasteiger partial charge in [0.25, 0.3) is 4.92 Å². The number of carboxylic acids is 1. The molecule has 0 aliphatic rings. The minimum atomic E-state index is -0.961. The molecule has 0 amide bonds. The summed E-state index contributed by atoms with van der Waals surface area (Å²) < 4.78 is 5.81. The Labute approximate surface area is 164 Å². The number of aromatic nitrogens is 3. The highest BCUT2D eigenvalue weighted by molar-refractivity contribution is 7.99. The topological polar surface area (TPSA) is 117 Å². The van der Waals surface area contributed by atoms with Crippen LogP contribution in [0.2, 0.25) is 0 Å². The summed E-state index contributed by atoms with van der Waals surface area (Å²) in [6.07, 6.45) is 0. The van der Waals surface area contributed by atoms with Gasteiger partial charge in [0.05, 0.1) is 16.7 Å². The molecular formula is C18H17N4O5S+. The van der Waals surface area contributed by atoms with Crippen LogP contribution in [0.3, 0.4) is 0 Å². The lowest BCUT2D eigenvalue weighted by molar-refractivity contribution is -0.736. The van der Waals surface area contributed by atoms with Crippen molar-refractivity contribution < 1.29 is 24.4 Å². The van der Waals surface area contributed by atoms with E-state index in [0.29, 0.717) is 33.8 Å². The van der Waals surface area contributed by atoms with Gasteiger partial charge in [0, 0.05) is 11.6 Å². The first-order chi connectivity index (χ1) is 13.5. The molecule has 0 fully saturated rings. The Morgan fingerprint density at radius 2 is 2.04 bits per heavy atom. The minimum absolute atomic E-state index is 0.152. The lowest BCUT2D eigenvalue weighted by atomic mass is 10.1. The Morgan fingerprint density at radius 1 is 1.25 bits per heavy atom. The number of aromatic amines is 1. The Hall–Kier alpha value is -3.40. The van der Waals surface area contributed by atoms with Crippen molar-refractivity contribution in [2.24, 2.45) is 0 Å². The van der Waals surface area contributed by atoms with Crippen molar-refractivity contribution in [3.05, 3.63) is 59.0 Å². The van der Waals surface area contributed by atoms with Crippen LogP contribution >= 0.6 is 11.8 Å². The molecule has 0 saturated carbocycles. The van der Waals surface area contributed by atoms with Gasteiger partial charge in [-0.3, -0.25) is 9.89 Å². The van der Waals surface area contributed by atoms with Crippen molar-refractivity contribution in [3.8, 4) is 17.1 Å². The third-order valence-corrected chi connectivity index (χ3v) is 4.41. The number of hydrogen-bond donors (Lipinski definition) is 2. The molecule has 10 heteroatoms. The van der Waals surface area contributed by atoms with E-state index < -0.39 is 5.97 Å². The first-order valence-corrected chi connectivity index (χ1v) is 9.14. The van der Waals surface area contributed by atoms with Crippen LogP contribution in [0.25, 0.3) is 11.4 Å². The number of nitrogens with one attached hydrogen (secondary N) is 1. The SMILES string of the molecule is CO[N+](=O)c1cc(OCc2ccccc2)cc(-c2nc(SCC(=O)O)n[nH]2)c1. The predicted octanol–water partition coefficient (Wildman–Crippen LogP) is 3.20. The molecule has 0 unspecified atom stereocenters. The quantitative estimate of drug-likeness (QED) is 0.415. The van der Waals surface area contributed by atoms with Crippen molar-refractivity contribution in [1.29, 1.82) is 0 Å². The van der Waals surface area contributed by atoms with Gasteiger partial charge in [0.15, 0.2) is 12.9 Å². The predicted molar refractivity (Wildman–Crippen MR) is 101 cm³/mol. The number of H-pyrrole nitrogens is 1. The number of ether oxygens (including phenoxy) is 1. The largest absolute Gasteiger partial charge is 0.489 e. The molecule has 0 atom stereocenters. The van der Waals surface area contributed by atoms with E-state index >= 15 is 0 Å². The van der Waals surface area contributed by atoms with Crippen LogP contribution in [0.4, 0.5) is 5.69 Å². The van der Waals surface area contributed by atoms with Gasteiger partial charge in [-0.2, -0.15) is 0 Å². The van der Waals surface area contributed by atoms with E-state index in [0.717, 1.165) is 17.3 Å². The van der Waals surface area contributed by atoms with Crippen molar-refractivity contribution in [1.82, 2.24) is 15.2 Å². The van der Waals surface area contributed by atoms with Crippen LogP contribution < -0.4 is 4.74 Å². The summed E-state index contributed by atoms with van der Waals surface area (Å²) in [6.45, 7) is 0.325. The molecule has 1 heterocycles. The molecule has 1 aromatic heterocycles. The summed E-state index contributed by atoms with van der Waals surface area (Å²) in [5.41, 5.74) is 1.75. The molecule has 3 rings (SSSR count). The maximum Gasteiger partial charge on any atom is 0.321 e. The maximum absolute atomic E-state index is 11.9. The van der Waals surface area contributed by atoms with E-state index in [1.54, 1.807) is 18.2 Å². The molecule has 2 N–H and O–H groups in total. The third-order valence-electron chi connectivity index (χ3n) is 3.58. The smallest absolute Gasteiger partial charge is 0.321 e. The highest BCUT2D eigenvalue weighted by Crippen LogP contribution is 2.29. The molecule has 0 aliphatic heterocycles. The van der Waals surface area contributed by atoms with Crippen LogP contribution in [0, 0.1) is 4.91 Å². The van der Waals surface area contributed by atoms with Gasteiger partial charge in [0.2, 0.25) is 5.16 Å². The number of hydrogen-bond acceptors (Lipinski definition) is 7. The Morgan fingerprint density at radius 3 is 2.75 bits per heavy atom. The van der Waals surface area contributed by atoms with Crippen molar-refractivity contribution >= 4 is 23.4 Å². The fourth-order valence-electron chi connectivity index (χ4n) is 2.32. The van der Waals surface area contributed by atoms with E-state index in [9.17, 15) is 9.70 Å². The van der Waals surface area contributed by atoms with Crippen LogP contribution in [0.15, 0.2) is 53.7 Å². The molecule has 0 saturated heterocycles. The summed E-state index contributed by atoms with van der Waals surface area (Å²) in [4.78, 5) is 31.9. The summed E-state index contributed by atoms with van der Waals surface area (Å²) in [5, 5.41) is 15.8. The van der Waals surface area contributed by atoms with E-state index in [-0.39, 0.29) is 11.4 Å². The number of rotatable bonds is 9. The second kappa shape index (κ2) is 9.00. The second-order valence-electron chi connectivity index (χ2n) is 5.58. The normalized spacial score (nSPS) is 10.5. The molecule has 0 spiro atoms. The van der Waals surface area contributed by atoms with Crippen LogP contribution in [0.1, 0.15) is 5.56 Å². The fraction of sp³-hybridized carbons (Fsp3) is 0.167. The average Bonchev–Trinajstić information content (AvgIpc) is 3.20. The van der Waals surface area contributed by atoms with Crippen LogP contribution in [-0.2, 0) is 16.2 Å². The lowest BCUT2D eigenvalue weighted by Gasteiger charge is -2.07. The Balaban J connectivity index is 1.85. The summed E-state index contributed by atoms with van der Waals surface area (Å²) in [5.74, 6) is -0.285. The van der Waals surface area contributed by atoms with Crippen molar-refractivity contribution in [3.63, 3.8) is 0 Å². The molecule has 2 aromatic carbocycles. The minimum Gasteiger partial charge on any atom is -0.489 e. The van der Waals surface area contributed by atoms with Gasteiger partial charge >= 0.3 is 11.7 Å². The zero-order chi connectivity index (χ0) is 19.9. The summed E-state index contributed by atoms with van der Waals surface area (Å²) in [7, 11) is 1.26.